The molecule has 0 atom stereocenters. The highest BCUT2D eigenvalue weighted by Crippen LogP contribution is 2.21. The van der Waals surface area contributed by atoms with Gasteiger partial charge in [-0.05, 0) is 25.1 Å². The summed E-state index contributed by atoms with van der Waals surface area (Å²) in [6, 6.07) is 7.63. The van der Waals surface area contributed by atoms with Crippen LogP contribution in [0.4, 0.5) is 16.5 Å². The standard InChI is InChI=1S/C10H11N3S/c1-7-6-14-10(12-7)13-9-4-2-3-8(11)5-9/h2-6H,11H2,1H3,(H,12,13). The maximum Gasteiger partial charge on any atom is 0.187 e. The molecule has 0 amide bonds. The molecular formula is C10H11N3S. The van der Waals surface area contributed by atoms with Crippen LogP contribution in [0.25, 0.3) is 0 Å². The molecule has 0 spiro atoms. The molecule has 0 fully saturated rings. The second kappa shape index (κ2) is 3.67. The number of anilines is 3. The molecule has 0 aliphatic rings. The summed E-state index contributed by atoms with van der Waals surface area (Å²) in [7, 11) is 0. The van der Waals surface area contributed by atoms with Crippen LogP contribution < -0.4 is 11.1 Å². The molecule has 0 aliphatic carbocycles. The summed E-state index contributed by atoms with van der Waals surface area (Å²) in [5.41, 5.74) is 8.41. The molecule has 0 saturated carbocycles. The van der Waals surface area contributed by atoms with Gasteiger partial charge in [0, 0.05) is 16.8 Å². The van der Waals surface area contributed by atoms with Crippen molar-refractivity contribution in [2.75, 3.05) is 11.1 Å². The predicted molar refractivity (Wildman–Crippen MR) is 61.0 cm³/mol. The fourth-order valence-electron chi connectivity index (χ4n) is 1.15. The molecule has 0 radical (unpaired) electrons. The Hall–Kier alpha value is -1.55. The monoisotopic (exact) mass is 205 g/mol. The molecule has 3 N–H and O–H groups in total. The third kappa shape index (κ3) is 2.03. The van der Waals surface area contributed by atoms with Crippen molar-refractivity contribution >= 4 is 27.8 Å². The second-order valence-electron chi connectivity index (χ2n) is 3.04. The molecule has 14 heavy (non-hydrogen) atoms. The summed E-state index contributed by atoms with van der Waals surface area (Å²) < 4.78 is 0. The van der Waals surface area contributed by atoms with Crippen molar-refractivity contribution in [1.29, 1.82) is 0 Å². The van der Waals surface area contributed by atoms with Crippen LogP contribution in [0.2, 0.25) is 0 Å². The van der Waals surface area contributed by atoms with Gasteiger partial charge in [0.15, 0.2) is 5.13 Å². The van der Waals surface area contributed by atoms with Crippen LogP contribution in [0, 0.1) is 6.92 Å². The van der Waals surface area contributed by atoms with E-state index < -0.39 is 0 Å². The predicted octanol–water partition coefficient (Wildman–Crippen LogP) is 2.78. The summed E-state index contributed by atoms with van der Waals surface area (Å²) >= 11 is 1.59. The highest BCUT2D eigenvalue weighted by atomic mass is 32.1. The van der Waals surface area contributed by atoms with Crippen molar-refractivity contribution < 1.29 is 0 Å². The molecule has 4 heteroatoms. The van der Waals surface area contributed by atoms with Gasteiger partial charge < -0.3 is 11.1 Å². The SMILES string of the molecule is Cc1csc(Nc2cccc(N)c2)n1. The van der Waals surface area contributed by atoms with E-state index in [9.17, 15) is 0 Å². The third-order valence-electron chi connectivity index (χ3n) is 1.76. The minimum atomic E-state index is 0.753. The van der Waals surface area contributed by atoms with Gasteiger partial charge in [0.2, 0.25) is 0 Å². The van der Waals surface area contributed by atoms with E-state index in [0.717, 1.165) is 22.2 Å². The molecule has 0 saturated heterocycles. The van der Waals surface area contributed by atoms with Gasteiger partial charge in [-0.3, -0.25) is 0 Å². The van der Waals surface area contributed by atoms with E-state index in [2.05, 4.69) is 10.3 Å². The lowest BCUT2D eigenvalue weighted by Crippen LogP contribution is -1.91. The highest BCUT2D eigenvalue weighted by molar-refractivity contribution is 7.13. The first-order valence-electron chi connectivity index (χ1n) is 4.29. The maximum atomic E-state index is 5.66. The first-order valence-corrected chi connectivity index (χ1v) is 5.17. The normalized spacial score (nSPS) is 10.1. The topological polar surface area (TPSA) is 50.9 Å². The van der Waals surface area contributed by atoms with E-state index in [1.165, 1.54) is 0 Å². The lowest BCUT2D eigenvalue weighted by atomic mass is 10.3. The molecule has 1 heterocycles. The Bertz CT molecular complexity index is 436. The van der Waals surface area contributed by atoms with Gasteiger partial charge in [-0.1, -0.05) is 6.07 Å². The average molecular weight is 205 g/mol. The van der Waals surface area contributed by atoms with E-state index in [1.807, 2.05) is 36.6 Å². The first-order chi connectivity index (χ1) is 6.74. The average Bonchev–Trinajstić information content (AvgIpc) is 2.51. The molecule has 1 aromatic carbocycles. The number of hydrogen-bond donors (Lipinski definition) is 2. The lowest BCUT2D eigenvalue weighted by Gasteiger charge is -2.02. The number of nitrogens with one attached hydrogen (secondary N) is 1. The molecule has 72 valence electrons. The Morgan fingerprint density at radius 3 is 2.93 bits per heavy atom. The van der Waals surface area contributed by atoms with Gasteiger partial charge in [0.05, 0.1) is 5.69 Å². The van der Waals surface area contributed by atoms with Crippen molar-refractivity contribution in [1.82, 2.24) is 4.98 Å². The van der Waals surface area contributed by atoms with Crippen LogP contribution in [0.15, 0.2) is 29.6 Å². The molecule has 1 aromatic heterocycles. The van der Waals surface area contributed by atoms with E-state index >= 15 is 0 Å². The molecule has 2 aromatic rings. The number of rotatable bonds is 2. The number of aryl methyl sites for hydroxylation is 1. The van der Waals surface area contributed by atoms with E-state index in [1.54, 1.807) is 11.3 Å². The molecular weight excluding hydrogens is 194 g/mol. The number of nitrogen functional groups attached to an aromatic ring is 1. The molecule has 0 unspecified atom stereocenters. The first kappa shape index (κ1) is 9.02. The number of nitrogens with zero attached hydrogens (tertiary/aromatic N) is 1. The number of aromatic nitrogens is 1. The van der Waals surface area contributed by atoms with Crippen molar-refractivity contribution in [3.8, 4) is 0 Å². The van der Waals surface area contributed by atoms with Gasteiger partial charge in [-0.25, -0.2) is 4.98 Å². The zero-order valence-electron chi connectivity index (χ0n) is 7.82. The molecule has 0 aliphatic heterocycles. The van der Waals surface area contributed by atoms with Crippen molar-refractivity contribution in [3.05, 3.63) is 35.3 Å². The summed E-state index contributed by atoms with van der Waals surface area (Å²) in [6.07, 6.45) is 0. The summed E-state index contributed by atoms with van der Waals surface area (Å²) in [5, 5.41) is 6.10. The van der Waals surface area contributed by atoms with Gasteiger partial charge in [-0.2, -0.15) is 0 Å². The summed E-state index contributed by atoms with van der Waals surface area (Å²) in [5.74, 6) is 0. The Morgan fingerprint density at radius 1 is 1.43 bits per heavy atom. The molecule has 3 nitrogen and oxygen atoms in total. The van der Waals surface area contributed by atoms with Crippen LogP contribution >= 0.6 is 11.3 Å². The van der Waals surface area contributed by atoms with E-state index in [0.29, 0.717) is 0 Å². The quantitative estimate of drug-likeness (QED) is 0.741. The van der Waals surface area contributed by atoms with Crippen LogP contribution in [0.5, 0.6) is 0 Å². The van der Waals surface area contributed by atoms with Gasteiger partial charge in [0.25, 0.3) is 0 Å². The third-order valence-corrected chi connectivity index (χ3v) is 2.63. The van der Waals surface area contributed by atoms with Gasteiger partial charge in [-0.15, -0.1) is 11.3 Å². The number of hydrogen-bond acceptors (Lipinski definition) is 4. The lowest BCUT2D eigenvalue weighted by molar-refractivity contribution is 1.26. The Morgan fingerprint density at radius 2 is 2.29 bits per heavy atom. The second-order valence-corrected chi connectivity index (χ2v) is 3.90. The maximum absolute atomic E-state index is 5.66. The van der Waals surface area contributed by atoms with Gasteiger partial charge in [0.1, 0.15) is 0 Å². The Balaban J connectivity index is 2.18. The van der Waals surface area contributed by atoms with Crippen molar-refractivity contribution in [2.45, 2.75) is 6.92 Å². The molecule has 0 bridgehead atoms. The van der Waals surface area contributed by atoms with Crippen LogP contribution in [0.3, 0.4) is 0 Å². The zero-order valence-corrected chi connectivity index (χ0v) is 8.64. The summed E-state index contributed by atoms with van der Waals surface area (Å²) in [6.45, 7) is 1.97. The highest BCUT2D eigenvalue weighted by Gasteiger charge is 1.98. The fourth-order valence-corrected chi connectivity index (χ4v) is 1.86. The van der Waals surface area contributed by atoms with Crippen LogP contribution in [0.1, 0.15) is 5.69 Å². The fraction of sp³-hybridized carbons (Fsp3) is 0.100. The minimum absolute atomic E-state index is 0.753. The smallest absolute Gasteiger partial charge is 0.187 e. The van der Waals surface area contributed by atoms with Crippen molar-refractivity contribution in [3.63, 3.8) is 0 Å². The minimum Gasteiger partial charge on any atom is -0.399 e. The summed E-state index contributed by atoms with van der Waals surface area (Å²) in [4.78, 5) is 4.30. The van der Waals surface area contributed by atoms with E-state index in [4.69, 9.17) is 5.73 Å². The largest absolute Gasteiger partial charge is 0.399 e. The van der Waals surface area contributed by atoms with Crippen LogP contribution in [-0.2, 0) is 0 Å². The Kier molecular flexibility index (Phi) is 2.37. The Labute approximate surface area is 86.6 Å². The molecule has 2 rings (SSSR count). The number of thiazole rings is 1. The van der Waals surface area contributed by atoms with Crippen molar-refractivity contribution in [2.24, 2.45) is 0 Å². The number of benzene rings is 1. The van der Waals surface area contributed by atoms with Crippen LogP contribution in [-0.4, -0.2) is 4.98 Å². The van der Waals surface area contributed by atoms with Gasteiger partial charge >= 0.3 is 0 Å². The zero-order chi connectivity index (χ0) is 9.97. The number of nitrogens with two attached hydrogens (primary N) is 1. The van der Waals surface area contributed by atoms with E-state index in [-0.39, 0.29) is 0 Å².